The van der Waals surface area contributed by atoms with Gasteiger partial charge >= 0.3 is 0 Å². The van der Waals surface area contributed by atoms with E-state index >= 15 is 0 Å². The third-order valence-electron chi connectivity index (χ3n) is 2.19. The van der Waals surface area contributed by atoms with Gasteiger partial charge in [0.05, 0.1) is 11.0 Å². The van der Waals surface area contributed by atoms with E-state index in [0.29, 0.717) is 11.9 Å². The molecule has 0 aliphatic rings. The molecule has 3 aromatic rings. The number of anilines is 2. The number of H-pyrrole nitrogens is 1. The summed E-state index contributed by atoms with van der Waals surface area (Å²) < 4.78 is 0. The lowest BCUT2D eigenvalue weighted by atomic mass is 10.3. The summed E-state index contributed by atoms with van der Waals surface area (Å²) in [7, 11) is 0. The molecule has 0 spiro atoms. The number of aromatic nitrogens is 4. The highest BCUT2D eigenvalue weighted by atomic mass is 15.2. The van der Waals surface area contributed by atoms with Crippen LogP contribution in [0.15, 0.2) is 42.7 Å². The van der Waals surface area contributed by atoms with Gasteiger partial charge in [-0.2, -0.15) is 0 Å². The predicted molar refractivity (Wildman–Crippen MR) is 61.4 cm³/mol. The van der Waals surface area contributed by atoms with Gasteiger partial charge in [0.2, 0.25) is 11.9 Å². The summed E-state index contributed by atoms with van der Waals surface area (Å²) in [6.07, 6.45) is 3.36. The van der Waals surface area contributed by atoms with E-state index in [2.05, 4.69) is 25.3 Å². The van der Waals surface area contributed by atoms with Crippen molar-refractivity contribution in [2.24, 2.45) is 0 Å². The van der Waals surface area contributed by atoms with E-state index in [1.54, 1.807) is 18.5 Å². The van der Waals surface area contributed by atoms with Gasteiger partial charge in [-0.3, -0.25) is 5.32 Å². The van der Waals surface area contributed by atoms with Gasteiger partial charge in [0, 0.05) is 12.4 Å². The Morgan fingerprint density at radius 3 is 2.62 bits per heavy atom. The summed E-state index contributed by atoms with van der Waals surface area (Å²) in [6, 6.07) is 9.60. The minimum atomic E-state index is 0.529. The smallest absolute Gasteiger partial charge is 0.229 e. The van der Waals surface area contributed by atoms with Crippen molar-refractivity contribution in [2.45, 2.75) is 0 Å². The number of nitrogens with zero attached hydrogens (tertiary/aromatic N) is 3. The first kappa shape index (κ1) is 8.84. The summed E-state index contributed by atoms with van der Waals surface area (Å²) in [5.41, 5.74) is 1.90. The molecule has 1 aromatic carbocycles. The molecule has 5 nitrogen and oxygen atoms in total. The SMILES string of the molecule is c1cnc(Nc2nc3ccccc3[nH]2)nc1. The molecular weight excluding hydrogens is 202 g/mol. The standard InChI is InChI=1S/C11H9N5/c1-2-5-9-8(4-1)14-11(15-9)16-10-12-6-3-7-13-10/h1-7H,(H2,12,13,14,15,16). The zero-order chi connectivity index (χ0) is 10.8. The molecule has 0 atom stereocenters. The van der Waals surface area contributed by atoms with Crippen LogP contribution in [0, 0.1) is 0 Å². The summed E-state index contributed by atoms with van der Waals surface area (Å²) in [4.78, 5) is 15.6. The second-order valence-electron chi connectivity index (χ2n) is 3.30. The normalized spacial score (nSPS) is 10.5. The predicted octanol–water partition coefficient (Wildman–Crippen LogP) is 2.10. The largest absolute Gasteiger partial charge is 0.324 e. The molecule has 2 N–H and O–H groups in total. The van der Waals surface area contributed by atoms with E-state index in [9.17, 15) is 0 Å². The van der Waals surface area contributed by atoms with Gasteiger partial charge < -0.3 is 4.98 Å². The van der Waals surface area contributed by atoms with Crippen molar-refractivity contribution >= 4 is 22.9 Å². The summed E-state index contributed by atoms with van der Waals surface area (Å²) in [5.74, 6) is 1.17. The maximum absolute atomic E-state index is 4.36. The average Bonchev–Trinajstić information content (AvgIpc) is 2.72. The minimum absolute atomic E-state index is 0.529. The Morgan fingerprint density at radius 1 is 1.00 bits per heavy atom. The Bertz CT molecular complexity index is 569. The van der Waals surface area contributed by atoms with Gasteiger partial charge in [-0.15, -0.1) is 0 Å². The maximum Gasteiger partial charge on any atom is 0.229 e. The van der Waals surface area contributed by atoms with Gasteiger partial charge in [-0.1, -0.05) is 12.1 Å². The molecule has 0 radical (unpaired) electrons. The molecule has 0 aliphatic carbocycles. The second kappa shape index (κ2) is 3.62. The van der Waals surface area contributed by atoms with Gasteiger partial charge in [-0.25, -0.2) is 15.0 Å². The number of fused-ring (bicyclic) bond motifs is 1. The third kappa shape index (κ3) is 1.58. The van der Waals surface area contributed by atoms with Crippen LogP contribution in [-0.2, 0) is 0 Å². The monoisotopic (exact) mass is 211 g/mol. The summed E-state index contributed by atoms with van der Waals surface area (Å²) in [6.45, 7) is 0. The average molecular weight is 211 g/mol. The molecule has 2 heterocycles. The molecule has 0 bridgehead atoms. The van der Waals surface area contributed by atoms with E-state index in [1.165, 1.54) is 0 Å². The molecule has 0 fully saturated rings. The van der Waals surface area contributed by atoms with E-state index in [4.69, 9.17) is 0 Å². The lowest BCUT2D eigenvalue weighted by Gasteiger charge is -1.97. The van der Waals surface area contributed by atoms with Crippen LogP contribution in [0.3, 0.4) is 0 Å². The molecule has 5 heteroatoms. The second-order valence-corrected chi connectivity index (χ2v) is 3.30. The zero-order valence-corrected chi connectivity index (χ0v) is 8.38. The maximum atomic E-state index is 4.36. The van der Waals surface area contributed by atoms with Crippen LogP contribution < -0.4 is 5.32 Å². The van der Waals surface area contributed by atoms with Crippen molar-refractivity contribution in [2.75, 3.05) is 5.32 Å². The molecule has 2 aromatic heterocycles. The Morgan fingerprint density at radius 2 is 1.81 bits per heavy atom. The lowest BCUT2D eigenvalue weighted by molar-refractivity contribution is 1.14. The number of para-hydroxylation sites is 2. The van der Waals surface area contributed by atoms with E-state index in [0.717, 1.165) is 11.0 Å². The fraction of sp³-hybridized carbons (Fsp3) is 0. The van der Waals surface area contributed by atoms with E-state index in [1.807, 2.05) is 24.3 Å². The first-order valence-corrected chi connectivity index (χ1v) is 4.90. The first-order chi connectivity index (χ1) is 7.92. The first-order valence-electron chi connectivity index (χ1n) is 4.90. The van der Waals surface area contributed by atoms with Crippen molar-refractivity contribution < 1.29 is 0 Å². The molecule has 78 valence electrons. The highest BCUT2D eigenvalue weighted by Crippen LogP contribution is 2.15. The fourth-order valence-corrected chi connectivity index (χ4v) is 1.48. The molecule has 0 saturated heterocycles. The Labute approximate surface area is 91.6 Å². The zero-order valence-electron chi connectivity index (χ0n) is 8.38. The lowest BCUT2D eigenvalue weighted by Crippen LogP contribution is -1.96. The summed E-state index contributed by atoms with van der Waals surface area (Å²) >= 11 is 0. The molecule has 16 heavy (non-hydrogen) atoms. The van der Waals surface area contributed by atoms with Crippen LogP contribution in [-0.4, -0.2) is 19.9 Å². The Hall–Kier alpha value is -2.43. The van der Waals surface area contributed by atoms with Crippen molar-refractivity contribution in [3.63, 3.8) is 0 Å². The van der Waals surface area contributed by atoms with Crippen LogP contribution in [0.1, 0.15) is 0 Å². The number of aromatic amines is 1. The van der Waals surface area contributed by atoms with Crippen LogP contribution in [0.2, 0.25) is 0 Å². The van der Waals surface area contributed by atoms with E-state index in [-0.39, 0.29) is 0 Å². The minimum Gasteiger partial charge on any atom is -0.324 e. The molecular formula is C11H9N5. The van der Waals surface area contributed by atoms with Gasteiger partial charge in [0.1, 0.15) is 0 Å². The van der Waals surface area contributed by atoms with Gasteiger partial charge in [0.15, 0.2) is 0 Å². The highest BCUT2D eigenvalue weighted by Gasteiger charge is 2.02. The fourth-order valence-electron chi connectivity index (χ4n) is 1.48. The Balaban J connectivity index is 1.95. The van der Waals surface area contributed by atoms with Gasteiger partial charge in [-0.05, 0) is 18.2 Å². The van der Waals surface area contributed by atoms with Crippen LogP contribution >= 0.6 is 0 Å². The van der Waals surface area contributed by atoms with Crippen LogP contribution in [0.25, 0.3) is 11.0 Å². The number of hydrogen-bond donors (Lipinski definition) is 2. The number of imidazole rings is 1. The van der Waals surface area contributed by atoms with E-state index < -0.39 is 0 Å². The quantitative estimate of drug-likeness (QED) is 0.681. The molecule has 0 aliphatic heterocycles. The number of hydrogen-bond acceptors (Lipinski definition) is 4. The van der Waals surface area contributed by atoms with Crippen molar-refractivity contribution in [3.05, 3.63) is 42.7 Å². The number of rotatable bonds is 2. The van der Waals surface area contributed by atoms with Crippen LogP contribution in [0.4, 0.5) is 11.9 Å². The topological polar surface area (TPSA) is 66.5 Å². The van der Waals surface area contributed by atoms with Crippen molar-refractivity contribution in [3.8, 4) is 0 Å². The third-order valence-corrected chi connectivity index (χ3v) is 2.19. The summed E-state index contributed by atoms with van der Waals surface area (Å²) in [5, 5.41) is 3.00. The van der Waals surface area contributed by atoms with Gasteiger partial charge in [0.25, 0.3) is 0 Å². The van der Waals surface area contributed by atoms with Crippen LogP contribution in [0.5, 0.6) is 0 Å². The molecule has 0 unspecified atom stereocenters. The molecule has 3 rings (SSSR count). The number of benzene rings is 1. The molecule has 0 saturated carbocycles. The number of nitrogens with one attached hydrogen (secondary N) is 2. The van der Waals surface area contributed by atoms with Crippen molar-refractivity contribution in [1.82, 2.24) is 19.9 Å². The van der Waals surface area contributed by atoms with Crippen molar-refractivity contribution in [1.29, 1.82) is 0 Å². The highest BCUT2D eigenvalue weighted by molar-refractivity contribution is 5.77. The Kier molecular flexibility index (Phi) is 2.00. The molecule has 0 amide bonds.